The van der Waals surface area contributed by atoms with Crippen molar-refractivity contribution in [1.29, 1.82) is 0 Å². The van der Waals surface area contributed by atoms with E-state index in [1.165, 1.54) is 17.0 Å². The Morgan fingerprint density at radius 1 is 1.17 bits per heavy atom. The molecule has 4 rings (SSSR count). The third-order valence-corrected chi connectivity index (χ3v) is 5.90. The molecule has 0 aliphatic carbocycles. The standard InChI is InChI=1S/C20H15BrF2N4OS/c21-14-10-25-19(24-9-13-2-1-7-29-13)17-18(14)26-11-27(20(17)28)6-5-12-3-4-15(22)16(23)8-12/h1-4,7-8,10-11H,5-6,9H2,(H,24,25). The van der Waals surface area contributed by atoms with Gasteiger partial charge in [0.25, 0.3) is 5.56 Å². The summed E-state index contributed by atoms with van der Waals surface area (Å²) in [7, 11) is 0. The molecule has 0 saturated carbocycles. The molecule has 1 aromatic carbocycles. The van der Waals surface area contributed by atoms with E-state index in [0.717, 1.165) is 17.0 Å². The molecule has 1 N–H and O–H groups in total. The predicted molar refractivity (Wildman–Crippen MR) is 113 cm³/mol. The second kappa shape index (κ2) is 8.38. The molecule has 0 radical (unpaired) electrons. The summed E-state index contributed by atoms with van der Waals surface area (Å²) in [4.78, 5) is 23.0. The van der Waals surface area contributed by atoms with Crippen LogP contribution in [0.25, 0.3) is 10.9 Å². The molecule has 0 amide bonds. The summed E-state index contributed by atoms with van der Waals surface area (Å²) in [6.45, 7) is 0.828. The number of pyridine rings is 1. The fourth-order valence-corrected chi connectivity index (χ4v) is 4.00. The lowest BCUT2D eigenvalue weighted by atomic mass is 10.1. The molecule has 0 unspecified atom stereocenters. The number of rotatable bonds is 6. The van der Waals surface area contributed by atoms with Crippen LogP contribution in [0, 0.1) is 11.6 Å². The van der Waals surface area contributed by atoms with E-state index in [-0.39, 0.29) is 12.1 Å². The summed E-state index contributed by atoms with van der Waals surface area (Å²) in [5.41, 5.74) is 0.863. The first-order valence-corrected chi connectivity index (χ1v) is 10.4. The van der Waals surface area contributed by atoms with E-state index in [9.17, 15) is 13.6 Å². The summed E-state index contributed by atoms with van der Waals surface area (Å²) in [6, 6.07) is 7.68. The lowest BCUT2D eigenvalue weighted by Gasteiger charge is -2.11. The van der Waals surface area contributed by atoms with Crippen LogP contribution in [-0.2, 0) is 19.5 Å². The van der Waals surface area contributed by atoms with Crippen molar-refractivity contribution in [2.24, 2.45) is 0 Å². The maximum atomic E-state index is 13.4. The highest BCUT2D eigenvalue weighted by Crippen LogP contribution is 2.24. The Kier molecular flexibility index (Phi) is 5.68. The molecule has 5 nitrogen and oxygen atoms in total. The van der Waals surface area contributed by atoms with Crippen molar-refractivity contribution in [2.45, 2.75) is 19.5 Å². The molecule has 3 heterocycles. The smallest absolute Gasteiger partial charge is 0.264 e. The summed E-state index contributed by atoms with van der Waals surface area (Å²) in [5, 5.41) is 5.57. The molecule has 4 aromatic rings. The lowest BCUT2D eigenvalue weighted by Crippen LogP contribution is -2.23. The van der Waals surface area contributed by atoms with E-state index in [1.54, 1.807) is 17.5 Å². The summed E-state index contributed by atoms with van der Waals surface area (Å²) in [6.07, 6.45) is 3.43. The average Bonchev–Trinajstić information content (AvgIpc) is 3.23. The number of benzene rings is 1. The highest BCUT2D eigenvalue weighted by Gasteiger charge is 2.14. The van der Waals surface area contributed by atoms with Crippen molar-refractivity contribution in [3.63, 3.8) is 0 Å². The fraction of sp³-hybridized carbons (Fsp3) is 0.150. The van der Waals surface area contributed by atoms with E-state index in [0.29, 0.717) is 39.7 Å². The van der Waals surface area contributed by atoms with Crippen LogP contribution in [0.5, 0.6) is 0 Å². The van der Waals surface area contributed by atoms with Crippen LogP contribution in [-0.4, -0.2) is 14.5 Å². The Morgan fingerprint density at radius 3 is 2.79 bits per heavy atom. The zero-order valence-corrected chi connectivity index (χ0v) is 17.4. The number of aryl methyl sites for hydroxylation is 2. The van der Waals surface area contributed by atoms with Crippen molar-refractivity contribution in [3.05, 3.63) is 85.1 Å². The lowest BCUT2D eigenvalue weighted by molar-refractivity contribution is 0.506. The number of nitrogens with one attached hydrogen (secondary N) is 1. The normalized spacial score (nSPS) is 11.1. The fourth-order valence-electron chi connectivity index (χ4n) is 2.95. The monoisotopic (exact) mass is 476 g/mol. The van der Waals surface area contributed by atoms with Gasteiger partial charge in [0.1, 0.15) is 11.2 Å². The minimum atomic E-state index is -0.903. The largest absolute Gasteiger partial charge is 0.364 e. The van der Waals surface area contributed by atoms with E-state index in [4.69, 9.17) is 0 Å². The number of nitrogens with zero attached hydrogens (tertiary/aromatic N) is 3. The van der Waals surface area contributed by atoms with Crippen LogP contribution in [0.2, 0.25) is 0 Å². The Hall–Kier alpha value is -2.65. The van der Waals surface area contributed by atoms with Gasteiger partial charge in [0.05, 0.1) is 22.9 Å². The van der Waals surface area contributed by atoms with Gasteiger partial charge in [-0.3, -0.25) is 9.36 Å². The first kappa shape index (κ1) is 19.7. The molecule has 0 saturated heterocycles. The molecule has 0 aliphatic heterocycles. The molecule has 0 fully saturated rings. The zero-order chi connectivity index (χ0) is 20.4. The molecule has 148 valence electrons. The van der Waals surface area contributed by atoms with Crippen LogP contribution in [0.4, 0.5) is 14.6 Å². The summed E-state index contributed by atoms with van der Waals surface area (Å²) < 4.78 is 28.6. The first-order chi connectivity index (χ1) is 14.0. The minimum Gasteiger partial charge on any atom is -0.364 e. The molecular weight excluding hydrogens is 462 g/mol. The summed E-state index contributed by atoms with van der Waals surface area (Å²) >= 11 is 5.00. The molecule has 9 heteroatoms. The second-order valence-electron chi connectivity index (χ2n) is 6.35. The Labute approximate surface area is 177 Å². The topological polar surface area (TPSA) is 59.8 Å². The quantitative estimate of drug-likeness (QED) is 0.436. The molecule has 29 heavy (non-hydrogen) atoms. The Balaban J connectivity index is 1.64. The zero-order valence-electron chi connectivity index (χ0n) is 15.0. The van der Waals surface area contributed by atoms with Gasteiger partial charge < -0.3 is 5.32 Å². The van der Waals surface area contributed by atoms with Crippen molar-refractivity contribution < 1.29 is 8.78 Å². The van der Waals surface area contributed by atoms with Crippen molar-refractivity contribution in [1.82, 2.24) is 14.5 Å². The second-order valence-corrected chi connectivity index (χ2v) is 8.24. The molecular formula is C20H15BrF2N4OS. The van der Waals surface area contributed by atoms with Gasteiger partial charge in [-0.2, -0.15) is 0 Å². The van der Waals surface area contributed by atoms with Gasteiger partial charge in [0.15, 0.2) is 11.6 Å². The van der Waals surface area contributed by atoms with Gasteiger partial charge in [0.2, 0.25) is 0 Å². The maximum absolute atomic E-state index is 13.4. The highest BCUT2D eigenvalue weighted by atomic mass is 79.9. The molecule has 3 aromatic heterocycles. The average molecular weight is 477 g/mol. The number of anilines is 1. The minimum absolute atomic E-state index is 0.250. The number of thiophene rings is 1. The van der Waals surface area contributed by atoms with Crippen molar-refractivity contribution in [3.8, 4) is 0 Å². The number of fused-ring (bicyclic) bond motifs is 1. The number of hydrogen-bond acceptors (Lipinski definition) is 5. The molecule has 0 spiro atoms. The van der Waals surface area contributed by atoms with Crippen LogP contribution < -0.4 is 10.9 Å². The van der Waals surface area contributed by atoms with E-state index < -0.39 is 11.6 Å². The van der Waals surface area contributed by atoms with Crippen LogP contribution in [0.15, 0.2) is 57.5 Å². The Bertz CT molecular complexity index is 1230. The molecule has 0 bridgehead atoms. The van der Waals surface area contributed by atoms with E-state index in [2.05, 4.69) is 31.2 Å². The van der Waals surface area contributed by atoms with E-state index >= 15 is 0 Å². The molecule has 0 aliphatic rings. The van der Waals surface area contributed by atoms with Crippen LogP contribution in [0.1, 0.15) is 10.4 Å². The number of aromatic nitrogens is 3. The predicted octanol–water partition coefficient (Wildman–Crippen LogP) is 4.75. The van der Waals surface area contributed by atoms with Gasteiger partial charge >= 0.3 is 0 Å². The maximum Gasteiger partial charge on any atom is 0.264 e. The van der Waals surface area contributed by atoms with Crippen LogP contribution >= 0.6 is 27.3 Å². The SMILES string of the molecule is O=c1c2c(NCc3cccs3)ncc(Br)c2ncn1CCc1ccc(F)c(F)c1. The van der Waals surface area contributed by atoms with Gasteiger partial charge in [0, 0.05) is 17.6 Å². The third kappa shape index (κ3) is 4.20. The first-order valence-electron chi connectivity index (χ1n) is 8.77. The van der Waals surface area contributed by atoms with Gasteiger partial charge in [-0.1, -0.05) is 12.1 Å². The Morgan fingerprint density at radius 2 is 2.03 bits per heavy atom. The van der Waals surface area contributed by atoms with Gasteiger partial charge in [-0.05, 0) is 51.5 Å². The number of halogens is 3. The number of hydrogen-bond donors (Lipinski definition) is 1. The van der Waals surface area contributed by atoms with Crippen molar-refractivity contribution in [2.75, 3.05) is 5.32 Å². The summed E-state index contributed by atoms with van der Waals surface area (Å²) in [5.74, 6) is -1.34. The third-order valence-electron chi connectivity index (χ3n) is 4.44. The van der Waals surface area contributed by atoms with Gasteiger partial charge in [-0.15, -0.1) is 11.3 Å². The van der Waals surface area contributed by atoms with E-state index in [1.807, 2.05) is 17.5 Å². The van der Waals surface area contributed by atoms with Crippen molar-refractivity contribution >= 4 is 44.0 Å². The van der Waals surface area contributed by atoms with Crippen LogP contribution in [0.3, 0.4) is 0 Å². The van der Waals surface area contributed by atoms with Gasteiger partial charge in [-0.25, -0.2) is 18.7 Å². The molecule has 0 atom stereocenters. The highest BCUT2D eigenvalue weighted by molar-refractivity contribution is 9.10.